The third kappa shape index (κ3) is 2.11. The van der Waals surface area contributed by atoms with Crippen LogP contribution in [0.4, 0.5) is 10.2 Å². The molecule has 0 saturated heterocycles. The number of nitrogens with two attached hydrogens (primary N) is 1. The standard InChI is InChI=1S/C13H14FN3O/c1-7-8(2)17-13(15)12(16-7)10-6-9(14)4-5-11(10)18-3/h4-6H,1-3H3,(H2,15,17). The average Bonchev–Trinajstić information content (AvgIpc) is 2.34. The van der Waals surface area contributed by atoms with Gasteiger partial charge in [0.1, 0.15) is 23.1 Å². The Morgan fingerprint density at radius 2 is 1.83 bits per heavy atom. The van der Waals surface area contributed by atoms with E-state index in [-0.39, 0.29) is 11.6 Å². The van der Waals surface area contributed by atoms with E-state index in [1.165, 1.54) is 19.2 Å². The highest BCUT2D eigenvalue weighted by Gasteiger charge is 2.14. The average molecular weight is 247 g/mol. The summed E-state index contributed by atoms with van der Waals surface area (Å²) in [5, 5.41) is 0. The Bertz CT molecular complexity index is 599. The van der Waals surface area contributed by atoms with E-state index in [0.717, 1.165) is 11.4 Å². The zero-order valence-corrected chi connectivity index (χ0v) is 10.5. The topological polar surface area (TPSA) is 61.0 Å². The molecule has 2 N–H and O–H groups in total. The quantitative estimate of drug-likeness (QED) is 0.885. The molecule has 0 radical (unpaired) electrons. The van der Waals surface area contributed by atoms with Gasteiger partial charge < -0.3 is 10.5 Å². The van der Waals surface area contributed by atoms with Crippen LogP contribution in [0.5, 0.6) is 5.75 Å². The van der Waals surface area contributed by atoms with Crippen LogP contribution in [0.2, 0.25) is 0 Å². The Balaban J connectivity index is 2.68. The first kappa shape index (κ1) is 12.3. The number of halogens is 1. The molecule has 0 fully saturated rings. The molecule has 94 valence electrons. The van der Waals surface area contributed by atoms with Crippen LogP contribution in [-0.4, -0.2) is 17.1 Å². The molecule has 1 heterocycles. The van der Waals surface area contributed by atoms with Crippen LogP contribution in [0.1, 0.15) is 11.4 Å². The van der Waals surface area contributed by atoms with Crippen LogP contribution in [0.15, 0.2) is 18.2 Å². The van der Waals surface area contributed by atoms with Gasteiger partial charge in [0.15, 0.2) is 0 Å². The SMILES string of the molecule is COc1ccc(F)cc1-c1nc(C)c(C)nc1N. The summed E-state index contributed by atoms with van der Waals surface area (Å²) in [6, 6.07) is 4.21. The highest BCUT2D eigenvalue weighted by molar-refractivity contribution is 5.75. The fourth-order valence-electron chi connectivity index (χ4n) is 1.68. The van der Waals surface area contributed by atoms with Crippen LogP contribution in [-0.2, 0) is 0 Å². The second kappa shape index (κ2) is 4.60. The summed E-state index contributed by atoms with van der Waals surface area (Å²) in [5.41, 5.74) is 8.30. The van der Waals surface area contributed by atoms with E-state index in [1.807, 2.05) is 13.8 Å². The monoisotopic (exact) mass is 247 g/mol. The van der Waals surface area contributed by atoms with E-state index in [1.54, 1.807) is 6.07 Å². The largest absolute Gasteiger partial charge is 0.496 e. The van der Waals surface area contributed by atoms with Crippen molar-refractivity contribution in [1.82, 2.24) is 9.97 Å². The Hall–Kier alpha value is -2.17. The molecule has 4 nitrogen and oxygen atoms in total. The number of nitrogen functional groups attached to an aromatic ring is 1. The maximum Gasteiger partial charge on any atom is 0.150 e. The second-order valence-electron chi connectivity index (χ2n) is 3.97. The lowest BCUT2D eigenvalue weighted by Crippen LogP contribution is -2.03. The van der Waals surface area contributed by atoms with Crippen molar-refractivity contribution in [1.29, 1.82) is 0 Å². The van der Waals surface area contributed by atoms with Gasteiger partial charge in [-0.15, -0.1) is 0 Å². The number of aryl methyl sites for hydroxylation is 2. The minimum atomic E-state index is -0.370. The van der Waals surface area contributed by atoms with Gasteiger partial charge in [-0.2, -0.15) is 0 Å². The summed E-state index contributed by atoms with van der Waals surface area (Å²) >= 11 is 0. The van der Waals surface area contributed by atoms with Crippen molar-refractivity contribution >= 4 is 5.82 Å². The molecule has 18 heavy (non-hydrogen) atoms. The van der Waals surface area contributed by atoms with Gasteiger partial charge in [0.2, 0.25) is 0 Å². The van der Waals surface area contributed by atoms with E-state index >= 15 is 0 Å². The minimum Gasteiger partial charge on any atom is -0.496 e. The number of rotatable bonds is 2. The number of ether oxygens (including phenoxy) is 1. The van der Waals surface area contributed by atoms with Crippen molar-refractivity contribution in [3.8, 4) is 17.0 Å². The summed E-state index contributed by atoms with van der Waals surface area (Å²) in [7, 11) is 1.52. The molecule has 0 aliphatic carbocycles. The lowest BCUT2D eigenvalue weighted by molar-refractivity contribution is 0.415. The van der Waals surface area contributed by atoms with Crippen molar-refractivity contribution in [2.75, 3.05) is 12.8 Å². The maximum absolute atomic E-state index is 13.3. The molecule has 0 aliphatic heterocycles. The summed E-state index contributed by atoms with van der Waals surface area (Å²) in [6.07, 6.45) is 0. The predicted octanol–water partition coefficient (Wildman–Crippen LogP) is 2.49. The lowest BCUT2D eigenvalue weighted by atomic mass is 10.1. The summed E-state index contributed by atoms with van der Waals surface area (Å²) < 4.78 is 18.5. The smallest absolute Gasteiger partial charge is 0.150 e. The van der Waals surface area contributed by atoms with Crippen molar-refractivity contribution in [3.05, 3.63) is 35.4 Å². The van der Waals surface area contributed by atoms with Gasteiger partial charge in [-0.25, -0.2) is 14.4 Å². The summed E-state index contributed by atoms with van der Waals surface area (Å²) in [4.78, 5) is 8.55. The zero-order valence-electron chi connectivity index (χ0n) is 10.5. The predicted molar refractivity (Wildman–Crippen MR) is 67.9 cm³/mol. The molecule has 0 bridgehead atoms. The molecule has 2 aromatic rings. The zero-order chi connectivity index (χ0) is 13.3. The van der Waals surface area contributed by atoms with Gasteiger partial charge in [-0.1, -0.05) is 0 Å². The number of hydrogen-bond acceptors (Lipinski definition) is 4. The summed E-state index contributed by atoms with van der Waals surface area (Å²) in [6.45, 7) is 3.66. The Morgan fingerprint density at radius 1 is 1.17 bits per heavy atom. The van der Waals surface area contributed by atoms with Gasteiger partial charge in [0, 0.05) is 5.56 Å². The van der Waals surface area contributed by atoms with Crippen LogP contribution >= 0.6 is 0 Å². The van der Waals surface area contributed by atoms with Crippen LogP contribution in [0, 0.1) is 19.7 Å². The van der Waals surface area contributed by atoms with E-state index in [9.17, 15) is 4.39 Å². The van der Waals surface area contributed by atoms with E-state index in [2.05, 4.69) is 9.97 Å². The van der Waals surface area contributed by atoms with Gasteiger partial charge in [-0.3, -0.25) is 0 Å². The molecule has 0 spiro atoms. The highest BCUT2D eigenvalue weighted by atomic mass is 19.1. The Kier molecular flexibility index (Phi) is 3.14. The number of aromatic nitrogens is 2. The van der Waals surface area contributed by atoms with Gasteiger partial charge >= 0.3 is 0 Å². The van der Waals surface area contributed by atoms with Gasteiger partial charge in [-0.05, 0) is 32.0 Å². The van der Waals surface area contributed by atoms with Crippen LogP contribution < -0.4 is 10.5 Å². The fourth-order valence-corrected chi connectivity index (χ4v) is 1.68. The lowest BCUT2D eigenvalue weighted by Gasteiger charge is -2.11. The number of nitrogens with zero attached hydrogens (tertiary/aromatic N) is 2. The molecule has 0 amide bonds. The molecular formula is C13H14FN3O. The van der Waals surface area contributed by atoms with Crippen molar-refractivity contribution < 1.29 is 9.13 Å². The molecule has 1 aromatic carbocycles. The van der Waals surface area contributed by atoms with E-state index in [4.69, 9.17) is 10.5 Å². The third-order valence-corrected chi connectivity index (χ3v) is 2.75. The number of hydrogen-bond donors (Lipinski definition) is 1. The van der Waals surface area contributed by atoms with Crippen LogP contribution in [0.3, 0.4) is 0 Å². The number of methoxy groups -OCH3 is 1. The summed E-state index contributed by atoms with van der Waals surface area (Å²) in [5.74, 6) is 0.410. The second-order valence-corrected chi connectivity index (χ2v) is 3.97. The molecule has 5 heteroatoms. The molecular weight excluding hydrogens is 233 g/mol. The van der Waals surface area contributed by atoms with Crippen molar-refractivity contribution in [2.24, 2.45) is 0 Å². The molecule has 0 saturated carbocycles. The number of anilines is 1. The number of benzene rings is 1. The van der Waals surface area contributed by atoms with Crippen molar-refractivity contribution in [3.63, 3.8) is 0 Å². The fraction of sp³-hybridized carbons (Fsp3) is 0.231. The maximum atomic E-state index is 13.3. The first-order valence-corrected chi connectivity index (χ1v) is 5.47. The Labute approximate surface area is 105 Å². The highest BCUT2D eigenvalue weighted by Crippen LogP contribution is 2.32. The van der Waals surface area contributed by atoms with Crippen molar-refractivity contribution in [2.45, 2.75) is 13.8 Å². The third-order valence-electron chi connectivity index (χ3n) is 2.75. The van der Waals surface area contributed by atoms with Crippen LogP contribution in [0.25, 0.3) is 11.3 Å². The molecule has 1 aromatic heterocycles. The normalized spacial score (nSPS) is 10.4. The Morgan fingerprint density at radius 3 is 2.50 bits per heavy atom. The molecule has 0 unspecified atom stereocenters. The van der Waals surface area contributed by atoms with E-state index in [0.29, 0.717) is 17.0 Å². The molecule has 2 rings (SSSR count). The minimum absolute atomic E-state index is 0.266. The van der Waals surface area contributed by atoms with Gasteiger partial charge in [0.05, 0.1) is 18.5 Å². The first-order valence-electron chi connectivity index (χ1n) is 5.47. The van der Waals surface area contributed by atoms with Gasteiger partial charge in [0.25, 0.3) is 0 Å². The first-order chi connectivity index (χ1) is 8.52. The van der Waals surface area contributed by atoms with E-state index < -0.39 is 0 Å². The molecule has 0 atom stereocenters. The molecule has 0 aliphatic rings.